The predicted molar refractivity (Wildman–Crippen MR) is 64.5 cm³/mol. The Bertz CT molecular complexity index is 224. The highest BCUT2D eigenvalue weighted by Gasteiger charge is 2.42. The average Bonchev–Trinajstić information content (AvgIpc) is 2.56. The predicted octanol–water partition coefficient (Wildman–Crippen LogP) is -0.0199. The molecule has 0 amide bonds. The quantitative estimate of drug-likeness (QED) is 0.394. The van der Waals surface area contributed by atoms with Crippen LogP contribution in [0.4, 0.5) is 0 Å². The second-order valence-electron chi connectivity index (χ2n) is 4.15. The van der Waals surface area contributed by atoms with E-state index in [9.17, 15) is 10.2 Å². The molecule has 2 unspecified atom stereocenters. The second-order valence-corrected chi connectivity index (χ2v) is 4.51. The van der Waals surface area contributed by atoms with Crippen LogP contribution in [0.2, 0.25) is 0 Å². The molecule has 3 N–H and O–H groups in total. The van der Waals surface area contributed by atoms with E-state index in [2.05, 4.69) is 19.2 Å². The smallest absolute Gasteiger partial charge is 0.0867 e. The fourth-order valence-corrected chi connectivity index (χ4v) is 2.51. The zero-order chi connectivity index (χ0) is 12.1. The third-order valence-electron chi connectivity index (χ3n) is 2.97. The van der Waals surface area contributed by atoms with Gasteiger partial charge in [0, 0.05) is 12.3 Å². The summed E-state index contributed by atoms with van der Waals surface area (Å²) in [5.41, 5.74) is 0. The fourth-order valence-electron chi connectivity index (χ4n) is 2.06. The van der Waals surface area contributed by atoms with Crippen molar-refractivity contribution >= 4 is 12.6 Å². The van der Waals surface area contributed by atoms with E-state index in [-0.39, 0.29) is 25.0 Å². The van der Waals surface area contributed by atoms with Gasteiger partial charge in [-0.2, -0.15) is 12.6 Å². The van der Waals surface area contributed by atoms with E-state index >= 15 is 0 Å². The number of aliphatic hydroxyl groups excluding tert-OH is 3. The Labute approximate surface area is 101 Å². The van der Waals surface area contributed by atoms with Crippen LogP contribution < -0.4 is 0 Å². The Hall–Kier alpha value is -0.0700. The van der Waals surface area contributed by atoms with Crippen LogP contribution in [0, 0.1) is 5.92 Å². The van der Waals surface area contributed by atoms with Gasteiger partial charge in [0.25, 0.3) is 0 Å². The standard InChI is InChI=1S/C11H20O4S/c1-2-3-9-8(6-16)11(14)10(15-9)4-7(13)5-12/h2,7-14,16H,1,3-6H2/t7-,8?,9?,10+,11+/m0/s1. The highest BCUT2D eigenvalue weighted by molar-refractivity contribution is 7.80. The van der Waals surface area contributed by atoms with E-state index in [1.54, 1.807) is 6.08 Å². The van der Waals surface area contributed by atoms with Gasteiger partial charge in [0.15, 0.2) is 0 Å². The van der Waals surface area contributed by atoms with Crippen LogP contribution in [0.1, 0.15) is 12.8 Å². The first-order valence-corrected chi connectivity index (χ1v) is 6.11. The Kier molecular flexibility index (Phi) is 5.78. The van der Waals surface area contributed by atoms with Crippen LogP contribution in [-0.2, 0) is 4.74 Å². The summed E-state index contributed by atoms with van der Waals surface area (Å²) in [7, 11) is 0. The van der Waals surface area contributed by atoms with Gasteiger partial charge in [-0.3, -0.25) is 0 Å². The highest BCUT2D eigenvalue weighted by atomic mass is 32.1. The van der Waals surface area contributed by atoms with Gasteiger partial charge in [-0.05, 0) is 12.2 Å². The minimum absolute atomic E-state index is 0.0442. The van der Waals surface area contributed by atoms with Gasteiger partial charge in [0.05, 0.1) is 31.0 Å². The molecule has 1 rings (SSSR count). The van der Waals surface area contributed by atoms with Crippen molar-refractivity contribution in [2.24, 2.45) is 5.92 Å². The molecule has 0 spiro atoms. The largest absolute Gasteiger partial charge is 0.394 e. The van der Waals surface area contributed by atoms with E-state index in [0.717, 1.165) is 0 Å². The van der Waals surface area contributed by atoms with Crippen molar-refractivity contribution in [3.63, 3.8) is 0 Å². The van der Waals surface area contributed by atoms with Crippen LogP contribution in [0.15, 0.2) is 12.7 Å². The number of hydrogen-bond acceptors (Lipinski definition) is 5. The van der Waals surface area contributed by atoms with Crippen molar-refractivity contribution in [3.8, 4) is 0 Å². The molecule has 5 heteroatoms. The number of aliphatic hydroxyl groups is 3. The van der Waals surface area contributed by atoms with Gasteiger partial charge in [0.1, 0.15) is 0 Å². The van der Waals surface area contributed by atoms with Crippen LogP contribution >= 0.6 is 12.6 Å². The van der Waals surface area contributed by atoms with Crippen molar-refractivity contribution in [3.05, 3.63) is 12.7 Å². The minimum Gasteiger partial charge on any atom is -0.394 e. The number of rotatable bonds is 6. The maximum Gasteiger partial charge on any atom is 0.0867 e. The normalized spacial score (nSPS) is 36.2. The van der Waals surface area contributed by atoms with Crippen molar-refractivity contribution in [2.75, 3.05) is 12.4 Å². The molecule has 16 heavy (non-hydrogen) atoms. The molecule has 0 aromatic rings. The monoisotopic (exact) mass is 248 g/mol. The third-order valence-corrected chi connectivity index (χ3v) is 3.39. The average molecular weight is 248 g/mol. The highest BCUT2D eigenvalue weighted by Crippen LogP contribution is 2.32. The van der Waals surface area contributed by atoms with Crippen LogP contribution in [0.5, 0.6) is 0 Å². The molecule has 94 valence electrons. The van der Waals surface area contributed by atoms with Gasteiger partial charge in [0.2, 0.25) is 0 Å². The second kappa shape index (κ2) is 6.61. The van der Waals surface area contributed by atoms with Gasteiger partial charge >= 0.3 is 0 Å². The molecule has 1 heterocycles. The fraction of sp³-hybridized carbons (Fsp3) is 0.818. The summed E-state index contributed by atoms with van der Waals surface area (Å²) < 4.78 is 5.65. The van der Waals surface area contributed by atoms with Crippen LogP contribution in [0.25, 0.3) is 0 Å². The lowest BCUT2D eigenvalue weighted by Crippen LogP contribution is -2.32. The van der Waals surface area contributed by atoms with Gasteiger partial charge in [-0.1, -0.05) is 6.08 Å². The Morgan fingerprint density at radius 2 is 2.12 bits per heavy atom. The summed E-state index contributed by atoms with van der Waals surface area (Å²) in [5.74, 6) is 0.489. The lowest BCUT2D eigenvalue weighted by Gasteiger charge is -2.18. The molecule has 5 atom stereocenters. The lowest BCUT2D eigenvalue weighted by molar-refractivity contribution is -0.0289. The Balaban J connectivity index is 2.58. The zero-order valence-electron chi connectivity index (χ0n) is 9.20. The molecule has 0 saturated carbocycles. The molecule has 4 nitrogen and oxygen atoms in total. The zero-order valence-corrected chi connectivity index (χ0v) is 10.1. The maximum absolute atomic E-state index is 9.99. The molecular formula is C11H20O4S. The van der Waals surface area contributed by atoms with Gasteiger partial charge in [-0.15, -0.1) is 6.58 Å². The molecule has 0 bridgehead atoms. The van der Waals surface area contributed by atoms with Crippen molar-refractivity contribution < 1.29 is 20.1 Å². The molecule has 1 aliphatic heterocycles. The topological polar surface area (TPSA) is 69.9 Å². The maximum atomic E-state index is 9.99. The van der Waals surface area contributed by atoms with Crippen molar-refractivity contribution in [1.82, 2.24) is 0 Å². The van der Waals surface area contributed by atoms with Gasteiger partial charge in [-0.25, -0.2) is 0 Å². The third kappa shape index (κ3) is 3.21. The summed E-state index contributed by atoms with van der Waals surface area (Å²) in [5, 5.41) is 28.1. The van der Waals surface area contributed by atoms with Crippen molar-refractivity contribution in [2.45, 2.75) is 37.3 Å². The van der Waals surface area contributed by atoms with Gasteiger partial charge < -0.3 is 20.1 Å². The number of thiol groups is 1. The van der Waals surface area contributed by atoms with E-state index in [1.807, 2.05) is 0 Å². The molecular weight excluding hydrogens is 228 g/mol. The Morgan fingerprint density at radius 3 is 2.62 bits per heavy atom. The molecule has 0 aliphatic carbocycles. The number of ether oxygens (including phenoxy) is 1. The minimum atomic E-state index is -0.845. The van der Waals surface area contributed by atoms with E-state index in [1.165, 1.54) is 0 Å². The molecule has 1 saturated heterocycles. The summed E-state index contributed by atoms with van der Waals surface area (Å²) in [6.45, 7) is 3.33. The summed E-state index contributed by atoms with van der Waals surface area (Å²) >= 11 is 4.20. The lowest BCUT2D eigenvalue weighted by atomic mass is 9.94. The molecule has 0 radical (unpaired) electrons. The first kappa shape index (κ1) is 14.0. The van der Waals surface area contributed by atoms with E-state index < -0.39 is 18.3 Å². The summed E-state index contributed by atoms with van der Waals surface area (Å²) in [6, 6.07) is 0. The van der Waals surface area contributed by atoms with E-state index in [0.29, 0.717) is 12.2 Å². The molecule has 0 aromatic heterocycles. The SMILES string of the molecule is C=CCC1O[C@H](C[C@H](O)CO)[C@H](O)C1CS. The number of hydrogen-bond donors (Lipinski definition) is 4. The van der Waals surface area contributed by atoms with E-state index in [4.69, 9.17) is 9.84 Å². The molecule has 1 aliphatic rings. The first-order chi connectivity index (χ1) is 7.63. The summed E-state index contributed by atoms with van der Waals surface area (Å²) in [4.78, 5) is 0. The Morgan fingerprint density at radius 1 is 1.44 bits per heavy atom. The van der Waals surface area contributed by atoms with Crippen LogP contribution in [-0.4, -0.2) is 52.1 Å². The summed E-state index contributed by atoms with van der Waals surface area (Å²) in [6.07, 6.45) is 0.652. The molecule has 0 aromatic carbocycles. The van der Waals surface area contributed by atoms with Crippen molar-refractivity contribution in [1.29, 1.82) is 0 Å². The first-order valence-electron chi connectivity index (χ1n) is 5.48. The molecule has 1 fully saturated rings. The van der Waals surface area contributed by atoms with Crippen LogP contribution in [0.3, 0.4) is 0 Å².